The van der Waals surface area contributed by atoms with Crippen molar-refractivity contribution in [2.75, 3.05) is 0 Å². The molecule has 0 radical (unpaired) electrons. The summed E-state index contributed by atoms with van der Waals surface area (Å²) in [6.45, 7) is 2.03. The van der Waals surface area contributed by atoms with Crippen LogP contribution in [0, 0.1) is 11.8 Å². The van der Waals surface area contributed by atoms with Crippen LogP contribution in [0.25, 0.3) is 0 Å². The second-order valence-corrected chi connectivity index (χ2v) is 7.22. The highest BCUT2D eigenvalue weighted by Crippen LogP contribution is 2.30. The first kappa shape index (κ1) is 15.8. The van der Waals surface area contributed by atoms with E-state index in [2.05, 4.69) is 24.3 Å². The Kier molecular flexibility index (Phi) is 6.35. The Bertz CT molecular complexity index is 321. The van der Waals surface area contributed by atoms with Crippen LogP contribution >= 0.6 is 0 Å². The van der Waals surface area contributed by atoms with Gasteiger partial charge in [-0.25, -0.2) is 0 Å². The van der Waals surface area contributed by atoms with Gasteiger partial charge in [0.25, 0.3) is 0 Å². The van der Waals surface area contributed by atoms with Gasteiger partial charge in [-0.3, -0.25) is 0 Å². The van der Waals surface area contributed by atoms with Gasteiger partial charge in [-0.15, -0.1) is 0 Å². The zero-order valence-corrected chi connectivity index (χ0v) is 13.2. The lowest BCUT2D eigenvalue weighted by Crippen LogP contribution is -2.27. The molecule has 1 nitrogen and oxygen atoms in total. The Hall–Kier alpha value is -0.560. The first-order valence-electron chi connectivity index (χ1n) is 8.70. The van der Waals surface area contributed by atoms with E-state index in [1.807, 2.05) is 6.92 Å². The Labute approximate surface area is 125 Å². The van der Waals surface area contributed by atoms with Crippen LogP contribution in [0.3, 0.4) is 0 Å². The summed E-state index contributed by atoms with van der Waals surface area (Å²) in [6.07, 6.45) is 22.8. The van der Waals surface area contributed by atoms with Crippen LogP contribution in [0.2, 0.25) is 0 Å². The monoisotopic (exact) mass is 276 g/mol. The molecule has 0 heterocycles. The lowest BCUT2D eigenvalue weighted by atomic mass is 9.83. The molecule has 0 saturated heterocycles. The minimum Gasteiger partial charge on any atom is -0.390 e. The minimum absolute atomic E-state index is 0.511. The fourth-order valence-corrected chi connectivity index (χ4v) is 3.81. The smallest absolute Gasteiger partial charge is 0.0656 e. The molecule has 114 valence electrons. The van der Waals surface area contributed by atoms with E-state index in [9.17, 15) is 5.11 Å². The molecule has 1 saturated carbocycles. The van der Waals surface area contributed by atoms with Crippen molar-refractivity contribution in [2.24, 2.45) is 11.8 Å². The van der Waals surface area contributed by atoms with E-state index in [1.54, 1.807) is 0 Å². The van der Waals surface area contributed by atoms with Gasteiger partial charge in [0.2, 0.25) is 0 Å². The SMILES string of the molecule is CC(O)(C/C=C/C1CCCC1)CC1CCC=CCCC1. The summed E-state index contributed by atoms with van der Waals surface area (Å²) in [7, 11) is 0. The highest BCUT2D eigenvalue weighted by molar-refractivity contribution is 4.96. The maximum absolute atomic E-state index is 10.6. The first-order valence-corrected chi connectivity index (χ1v) is 8.70. The third-order valence-corrected chi connectivity index (χ3v) is 4.99. The Balaban J connectivity index is 1.75. The summed E-state index contributed by atoms with van der Waals surface area (Å²) in [6, 6.07) is 0. The van der Waals surface area contributed by atoms with E-state index in [0.29, 0.717) is 5.92 Å². The minimum atomic E-state index is -0.511. The molecule has 1 N–H and O–H groups in total. The van der Waals surface area contributed by atoms with Crippen molar-refractivity contribution in [3.05, 3.63) is 24.3 Å². The standard InChI is InChI=1S/C19H32O/c1-19(20,15-9-14-17-10-7-8-11-17)16-18-12-5-3-2-4-6-13-18/h2-3,9,14,17-18,20H,4-8,10-13,15-16H2,1H3/b3-2?,14-9+. The quantitative estimate of drug-likeness (QED) is 0.666. The van der Waals surface area contributed by atoms with E-state index in [4.69, 9.17) is 0 Å². The summed E-state index contributed by atoms with van der Waals surface area (Å²) >= 11 is 0. The maximum atomic E-state index is 10.6. The van der Waals surface area contributed by atoms with Crippen molar-refractivity contribution >= 4 is 0 Å². The Morgan fingerprint density at radius 2 is 1.80 bits per heavy atom. The molecule has 0 bridgehead atoms. The molecule has 0 aliphatic heterocycles. The van der Waals surface area contributed by atoms with Crippen molar-refractivity contribution < 1.29 is 5.11 Å². The highest BCUT2D eigenvalue weighted by atomic mass is 16.3. The van der Waals surface area contributed by atoms with Gasteiger partial charge >= 0.3 is 0 Å². The summed E-state index contributed by atoms with van der Waals surface area (Å²) < 4.78 is 0. The lowest BCUT2D eigenvalue weighted by molar-refractivity contribution is 0.0333. The van der Waals surface area contributed by atoms with Gasteiger partial charge in [-0.05, 0) is 70.1 Å². The van der Waals surface area contributed by atoms with Crippen molar-refractivity contribution in [3.63, 3.8) is 0 Å². The normalized spacial score (nSPS) is 28.4. The molecule has 1 heteroatoms. The number of rotatable bonds is 5. The summed E-state index contributed by atoms with van der Waals surface area (Å²) in [5.41, 5.74) is -0.511. The second-order valence-electron chi connectivity index (χ2n) is 7.22. The average Bonchev–Trinajstić information content (AvgIpc) is 2.85. The van der Waals surface area contributed by atoms with Crippen LogP contribution in [0.4, 0.5) is 0 Å². The lowest BCUT2D eigenvalue weighted by Gasteiger charge is -2.28. The molecule has 0 aromatic heterocycles. The zero-order valence-electron chi connectivity index (χ0n) is 13.2. The third-order valence-electron chi connectivity index (χ3n) is 4.99. The van der Waals surface area contributed by atoms with E-state index >= 15 is 0 Å². The molecule has 2 rings (SSSR count). The predicted octanol–water partition coefficient (Wildman–Crippen LogP) is 5.40. The van der Waals surface area contributed by atoms with E-state index in [0.717, 1.165) is 18.8 Å². The topological polar surface area (TPSA) is 20.2 Å². The summed E-state index contributed by atoms with van der Waals surface area (Å²) in [5.74, 6) is 1.49. The first-order chi connectivity index (χ1) is 9.66. The maximum Gasteiger partial charge on any atom is 0.0656 e. The van der Waals surface area contributed by atoms with Crippen LogP contribution in [0.15, 0.2) is 24.3 Å². The van der Waals surface area contributed by atoms with Crippen molar-refractivity contribution in [1.82, 2.24) is 0 Å². The molecule has 2 unspecified atom stereocenters. The number of allylic oxidation sites excluding steroid dienone is 3. The number of hydrogen-bond donors (Lipinski definition) is 1. The van der Waals surface area contributed by atoms with Crippen LogP contribution in [-0.4, -0.2) is 10.7 Å². The molecule has 0 amide bonds. The highest BCUT2D eigenvalue weighted by Gasteiger charge is 2.24. The molecule has 0 spiro atoms. The Morgan fingerprint density at radius 1 is 1.05 bits per heavy atom. The number of aliphatic hydroxyl groups is 1. The van der Waals surface area contributed by atoms with Gasteiger partial charge in [-0.1, -0.05) is 43.6 Å². The summed E-state index contributed by atoms with van der Waals surface area (Å²) in [5, 5.41) is 10.6. The number of hydrogen-bond acceptors (Lipinski definition) is 1. The van der Waals surface area contributed by atoms with Crippen LogP contribution in [0.1, 0.15) is 77.6 Å². The van der Waals surface area contributed by atoms with Gasteiger partial charge in [-0.2, -0.15) is 0 Å². The van der Waals surface area contributed by atoms with Crippen LogP contribution in [-0.2, 0) is 0 Å². The summed E-state index contributed by atoms with van der Waals surface area (Å²) in [4.78, 5) is 0. The molecule has 2 aliphatic rings. The van der Waals surface area contributed by atoms with Gasteiger partial charge < -0.3 is 5.11 Å². The third kappa shape index (κ3) is 5.83. The molecule has 0 aromatic rings. The zero-order chi connectivity index (χ0) is 14.3. The largest absolute Gasteiger partial charge is 0.390 e. The van der Waals surface area contributed by atoms with E-state index in [-0.39, 0.29) is 0 Å². The molecular formula is C19H32O. The van der Waals surface area contributed by atoms with E-state index in [1.165, 1.54) is 57.8 Å². The molecule has 1 fully saturated rings. The fraction of sp³-hybridized carbons (Fsp3) is 0.789. The van der Waals surface area contributed by atoms with Gasteiger partial charge in [0.15, 0.2) is 0 Å². The van der Waals surface area contributed by atoms with Crippen molar-refractivity contribution in [3.8, 4) is 0 Å². The molecule has 0 aromatic carbocycles. The average molecular weight is 276 g/mol. The molecule has 2 aliphatic carbocycles. The van der Waals surface area contributed by atoms with E-state index < -0.39 is 5.60 Å². The second kappa shape index (κ2) is 8.02. The fourth-order valence-electron chi connectivity index (χ4n) is 3.81. The predicted molar refractivity (Wildman–Crippen MR) is 86.7 cm³/mol. The van der Waals surface area contributed by atoms with Gasteiger partial charge in [0, 0.05) is 0 Å². The van der Waals surface area contributed by atoms with Crippen LogP contribution < -0.4 is 0 Å². The van der Waals surface area contributed by atoms with Gasteiger partial charge in [0.05, 0.1) is 5.60 Å². The Morgan fingerprint density at radius 3 is 2.60 bits per heavy atom. The van der Waals surface area contributed by atoms with Crippen molar-refractivity contribution in [2.45, 2.75) is 83.2 Å². The molecular weight excluding hydrogens is 244 g/mol. The van der Waals surface area contributed by atoms with Crippen molar-refractivity contribution in [1.29, 1.82) is 0 Å². The van der Waals surface area contributed by atoms with Crippen LogP contribution in [0.5, 0.6) is 0 Å². The van der Waals surface area contributed by atoms with Gasteiger partial charge in [0.1, 0.15) is 0 Å². The molecule has 20 heavy (non-hydrogen) atoms. The molecule has 2 atom stereocenters.